The second-order valence-electron chi connectivity index (χ2n) is 5.94. The molecule has 0 radical (unpaired) electrons. The molecule has 2 heterocycles. The molecule has 3 rings (SSSR count). The zero-order valence-corrected chi connectivity index (χ0v) is 13.9. The molecule has 2 aromatic rings. The second kappa shape index (κ2) is 6.35. The fourth-order valence-corrected chi connectivity index (χ4v) is 2.79. The van der Waals surface area contributed by atoms with Crippen molar-refractivity contribution < 1.29 is 14.1 Å². The van der Waals surface area contributed by atoms with E-state index in [1.807, 2.05) is 18.2 Å². The quantitative estimate of drug-likeness (QED) is 0.899. The van der Waals surface area contributed by atoms with Gasteiger partial charge in [0.1, 0.15) is 11.8 Å². The number of benzene rings is 1. The van der Waals surface area contributed by atoms with E-state index in [1.54, 1.807) is 31.7 Å². The predicted molar refractivity (Wildman–Crippen MR) is 91.1 cm³/mol. The molecule has 1 aromatic carbocycles. The van der Waals surface area contributed by atoms with Gasteiger partial charge in [-0.1, -0.05) is 5.16 Å². The summed E-state index contributed by atoms with van der Waals surface area (Å²) in [5, 5.41) is 9.61. The lowest BCUT2D eigenvalue weighted by atomic mass is 10.1. The minimum atomic E-state index is -0.439. The third-order valence-electron chi connectivity index (χ3n) is 4.01. The minimum absolute atomic E-state index is 0.0464. The molecule has 1 atom stereocenters. The molecule has 0 spiro atoms. The first-order valence-corrected chi connectivity index (χ1v) is 7.86. The molecule has 0 fully saturated rings. The van der Waals surface area contributed by atoms with Crippen LogP contribution >= 0.6 is 0 Å². The molecule has 0 bridgehead atoms. The third-order valence-corrected chi connectivity index (χ3v) is 4.01. The number of fused-ring (bicyclic) bond motifs is 1. The van der Waals surface area contributed by atoms with Crippen LogP contribution in [0.25, 0.3) is 0 Å². The Morgan fingerprint density at radius 3 is 2.79 bits per heavy atom. The molecule has 24 heavy (non-hydrogen) atoms. The zero-order valence-electron chi connectivity index (χ0n) is 13.9. The summed E-state index contributed by atoms with van der Waals surface area (Å²) in [6.45, 7) is 5.81. The van der Waals surface area contributed by atoms with E-state index in [2.05, 4.69) is 15.8 Å². The van der Waals surface area contributed by atoms with Crippen molar-refractivity contribution >= 4 is 29.0 Å². The number of rotatable bonds is 4. The molecule has 0 saturated heterocycles. The average molecular weight is 328 g/mol. The van der Waals surface area contributed by atoms with E-state index in [-0.39, 0.29) is 11.8 Å². The number of anilines is 3. The number of aryl methyl sites for hydroxylation is 1. The van der Waals surface area contributed by atoms with E-state index < -0.39 is 6.04 Å². The molecular weight excluding hydrogens is 308 g/mol. The summed E-state index contributed by atoms with van der Waals surface area (Å²) < 4.78 is 4.93. The molecule has 2 amide bonds. The van der Waals surface area contributed by atoms with Crippen molar-refractivity contribution in [2.75, 3.05) is 22.1 Å². The van der Waals surface area contributed by atoms with Crippen LogP contribution in [0.4, 0.5) is 17.2 Å². The van der Waals surface area contributed by atoms with Crippen molar-refractivity contribution in [3.63, 3.8) is 0 Å². The molecule has 7 heteroatoms. The van der Waals surface area contributed by atoms with Crippen molar-refractivity contribution in [3.05, 3.63) is 35.6 Å². The van der Waals surface area contributed by atoms with Gasteiger partial charge in [0.05, 0.1) is 0 Å². The molecule has 1 aromatic heterocycles. The molecule has 126 valence electrons. The van der Waals surface area contributed by atoms with E-state index in [0.29, 0.717) is 18.1 Å². The van der Waals surface area contributed by atoms with Crippen LogP contribution in [0.2, 0.25) is 0 Å². The van der Waals surface area contributed by atoms with Crippen molar-refractivity contribution in [2.24, 2.45) is 0 Å². The van der Waals surface area contributed by atoms with Crippen molar-refractivity contribution in [3.8, 4) is 0 Å². The van der Waals surface area contributed by atoms with E-state index >= 15 is 0 Å². The van der Waals surface area contributed by atoms with E-state index in [0.717, 1.165) is 23.4 Å². The summed E-state index contributed by atoms with van der Waals surface area (Å²) >= 11 is 0. The number of nitrogens with one attached hydrogen (secondary N) is 2. The fraction of sp³-hybridized carbons (Fsp3) is 0.353. The van der Waals surface area contributed by atoms with Gasteiger partial charge >= 0.3 is 0 Å². The lowest BCUT2D eigenvalue weighted by Crippen LogP contribution is -2.32. The molecular formula is C17H20N4O3. The van der Waals surface area contributed by atoms with E-state index in [4.69, 9.17) is 4.52 Å². The average Bonchev–Trinajstić information content (AvgIpc) is 3.12. The first-order valence-electron chi connectivity index (χ1n) is 7.86. The number of carbonyl (C=O) groups excluding carboxylic acids is 2. The summed E-state index contributed by atoms with van der Waals surface area (Å²) in [6.07, 6.45) is 0.823. The number of nitrogens with zero attached hydrogens (tertiary/aromatic N) is 2. The molecule has 0 saturated carbocycles. The Kier molecular flexibility index (Phi) is 4.24. The lowest BCUT2D eigenvalue weighted by molar-refractivity contribution is -0.117. The molecule has 1 aliphatic heterocycles. The van der Waals surface area contributed by atoms with Crippen molar-refractivity contribution in [1.82, 2.24) is 5.16 Å². The van der Waals surface area contributed by atoms with Gasteiger partial charge in [-0.15, -0.1) is 0 Å². The van der Waals surface area contributed by atoms with Gasteiger partial charge in [-0.2, -0.15) is 0 Å². The highest BCUT2D eigenvalue weighted by Gasteiger charge is 2.22. The highest BCUT2D eigenvalue weighted by Crippen LogP contribution is 2.30. The Bertz CT molecular complexity index is 784. The summed E-state index contributed by atoms with van der Waals surface area (Å²) in [5.41, 5.74) is 2.90. The van der Waals surface area contributed by atoms with Crippen molar-refractivity contribution in [1.29, 1.82) is 0 Å². The highest BCUT2D eigenvalue weighted by molar-refractivity contribution is 5.96. The Morgan fingerprint density at radius 1 is 1.33 bits per heavy atom. The topological polar surface area (TPSA) is 87.5 Å². The van der Waals surface area contributed by atoms with Crippen LogP contribution in [0.5, 0.6) is 0 Å². The number of aromatic nitrogens is 1. The molecule has 1 aliphatic rings. The number of carbonyl (C=O) groups is 2. The summed E-state index contributed by atoms with van der Waals surface area (Å²) in [4.78, 5) is 25.5. The van der Waals surface area contributed by atoms with Crippen molar-refractivity contribution in [2.45, 2.75) is 33.2 Å². The van der Waals surface area contributed by atoms with Gasteiger partial charge in [-0.3, -0.25) is 9.59 Å². The van der Waals surface area contributed by atoms with Gasteiger partial charge < -0.3 is 20.1 Å². The van der Waals surface area contributed by atoms with Gasteiger partial charge in [0.25, 0.3) is 0 Å². The molecule has 2 N–H and O–H groups in total. The summed E-state index contributed by atoms with van der Waals surface area (Å²) in [5.74, 6) is 0.885. The third kappa shape index (κ3) is 3.24. The summed E-state index contributed by atoms with van der Waals surface area (Å²) in [6, 6.07) is 7.01. The second-order valence-corrected chi connectivity index (χ2v) is 5.94. The van der Waals surface area contributed by atoms with Crippen LogP contribution in [0.15, 0.2) is 28.8 Å². The SMILES string of the molecule is CC(=O)N1CCc2cc(N[C@@H](C)C(=O)Nc3cc(C)on3)ccc21. The van der Waals surface area contributed by atoms with Crippen LogP contribution in [0, 0.1) is 6.92 Å². The van der Waals surface area contributed by atoms with Gasteiger partial charge in [-0.05, 0) is 44.0 Å². The zero-order chi connectivity index (χ0) is 17.3. The van der Waals surface area contributed by atoms with E-state index in [1.165, 1.54) is 0 Å². The van der Waals surface area contributed by atoms with Gasteiger partial charge in [0.15, 0.2) is 5.82 Å². The maximum Gasteiger partial charge on any atom is 0.247 e. The Morgan fingerprint density at radius 2 is 2.12 bits per heavy atom. The maximum atomic E-state index is 12.2. The van der Waals surface area contributed by atoms with Gasteiger partial charge in [-0.25, -0.2) is 0 Å². The van der Waals surface area contributed by atoms with Crippen LogP contribution in [-0.2, 0) is 16.0 Å². The van der Waals surface area contributed by atoms with Gasteiger partial charge in [0.2, 0.25) is 11.8 Å². The number of hydrogen-bond donors (Lipinski definition) is 2. The lowest BCUT2D eigenvalue weighted by Gasteiger charge is -2.17. The molecule has 0 aliphatic carbocycles. The normalized spacial score (nSPS) is 14.2. The van der Waals surface area contributed by atoms with Crippen LogP contribution in [0.3, 0.4) is 0 Å². The van der Waals surface area contributed by atoms with Gasteiger partial charge in [0, 0.05) is 30.9 Å². The maximum absolute atomic E-state index is 12.2. The summed E-state index contributed by atoms with van der Waals surface area (Å²) in [7, 11) is 0. The first-order chi connectivity index (χ1) is 11.4. The fourth-order valence-electron chi connectivity index (χ4n) is 2.79. The van der Waals surface area contributed by atoms with Crippen LogP contribution in [0.1, 0.15) is 25.2 Å². The van der Waals surface area contributed by atoms with Crippen LogP contribution in [-0.4, -0.2) is 29.6 Å². The minimum Gasteiger partial charge on any atom is -0.374 e. The number of hydrogen-bond acceptors (Lipinski definition) is 5. The Balaban J connectivity index is 1.65. The highest BCUT2D eigenvalue weighted by atomic mass is 16.5. The molecule has 0 unspecified atom stereocenters. The Hall–Kier alpha value is -2.83. The first kappa shape index (κ1) is 16.0. The van der Waals surface area contributed by atoms with Crippen LogP contribution < -0.4 is 15.5 Å². The smallest absolute Gasteiger partial charge is 0.247 e. The van der Waals surface area contributed by atoms with E-state index in [9.17, 15) is 9.59 Å². The standard InChI is InChI=1S/C17H20N4O3/c1-10-8-16(20-24-10)19-17(23)11(2)18-14-4-5-15-13(9-14)6-7-21(15)12(3)22/h4-5,8-9,11,18H,6-7H2,1-3H3,(H,19,20,23)/t11-/m0/s1. The largest absolute Gasteiger partial charge is 0.374 e. The molecule has 7 nitrogen and oxygen atoms in total. The number of amides is 2. The predicted octanol–water partition coefficient (Wildman–Crippen LogP) is 2.33. The Labute approximate surface area is 140 Å². The monoisotopic (exact) mass is 328 g/mol.